The molecule has 46 heavy (non-hydrogen) atoms. The molecule has 2 aromatic carbocycles. The van der Waals surface area contributed by atoms with Crippen molar-refractivity contribution in [1.29, 1.82) is 0 Å². The zero-order valence-electron chi connectivity index (χ0n) is 26.6. The largest absolute Gasteiger partial charge is 0.494 e. The van der Waals surface area contributed by atoms with Gasteiger partial charge in [0, 0.05) is 45.4 Å². The standard InChI is InChI=1S/C33H38N2O11/c1-7-40-26-15-13-24(14-16-26)17-27-19(2)35(25-11-9-8-10-12-25)34-32(27)46-33-31(44-23(6)39)30(43-22(5)38)29(42-21(4)37)28(45-33)18-41-20(3)36/h8-16,28-31,33H,7,17-18H2,1-6H3/t28-,29-,30+,31-,33+/m1/s1. The van der Waals surface area contributed by atoms with Gasteiger partial charge in [0.2, 0.25) is 18.3 Å². The average molecular weight is 639 g/mol. The molecule has 1 aromatic heterocycles. The molecule has 1 fully saturated rings. The molecular weight excluding hydrogens is 600 g/mol. The van der Waals surface area contributed by atoms with Crippen molar-refractivity contribution >= 4 is 23.9 Å². The molecule has 0 radical (unpaired) electrons. The normalized spacial score (nSPS) is 20.7. The second kappa shape index (κ2) is 15.4. The highest BCUT2D eigenvalue weighted by atomic mass is 16.7. The number of carbonyl (C=O) groups excluding carboxylic acids is 4. The summed E-state index contributed by atoms with van der Waals surface area (Å²) in [5, 5.41) is 4.75. The Kier molecular flexibility index (Phi) is 11.4. The van der Waals surface area contributed by atoms with Gasteiger partial charge in [-0.15, -0.1) is 5.10 Å². The molecule has 13 nitrogen and oxygen atoms in total. The fourth-order valence-electron chi connectivity index (χ4n) is 5.10. The summed E-state index contributed by atoms with van der Waals surface area (Å²) in [6, 6.07) is 17.0. The number of carbonyl (C=O) groups is 4. The van der Waals surface area contributed by atoms with E-state index in [0.29, 0.717) is 18.6 Å². The fraction of sp³-hybridized carbons (Fsp3) is 0.424. The highest BCUT2D eigenvalue weighted by Gasteiger charge is 2.53. The molecule has 0 unspecified atom stereocenters. The maximum absolute atomic E-state index is 12.3. The van der Waals surface area contributed by atoms with Gasteiger partial charge >= 0.3 is 23.9 Å². The summed E-state index contributed by atoms with van der Waals surface area (Å²) in [6.45, 7) is 8.64. The van der Waals surface area contributed by atoms with Gasteiger partial charge in [0.25, 0.3) is 0 Å². The van der Waals surface area contributed by atoms with Gasteiger partial charge in [0.1, 0.15) is 18.5 Å². The van der Waals surface area contributed by atoms with Gasteiger partial charge in [0.05, 0.1) is 12.3 Å². The Morgan fingerprint density at radius 2 is 1.41 bits per heavy atom. The molecule has 3 aromatic rings. The summed E-state index contributed by atoms with van der Waals surface area (Å²) in [7, 11) is 0. The van der Waals surface area contributed by atoms with Crippen molar-refractivity contribution in [3.05, 3.63) is 71.4 Å². The molecule has 1 aliphatic rings. The monoisotopic (exact) mass is 638 g/mol. The minimum Gasteiger partial charge on any atom is -0.494 e. The molecule has 13 heteroatoms. The third-order valence-corrected chi connectivity index (χ3v) is 7.00. The number of rotatable bonds is 12. The molecule has 246 valence electrons. The van der Waals surface area contributed by atoms with Crippen molar-refractivity contribution in [1.82, 2.24) is 9.78 Å². The van der Waals surface area contributed by atoms with Crippen LogP contribution in [0, 0.1) is 6.92 Å². The molecule has 0 amide bonds. The molecule has 0 saturated carbocycles. The SMILES string of the molecule is CCOc1ccc(Cc2c(O[C@@H]3O[C@H](COC(C)=O)[C@@H](OC(C)=O)[C@H](OC(C)=O)[C@H]3OC(C)=O)nn(-c3ccccc3)c2C)cc1. The van der Waals surface area contributed by atoms with Crippen LogP contribution in [0.5, 0.6) is 11.6 Å². The lowest BCUT2D eigenvalue weighted by molar-refractivity contribution is -0.289. The van der Waals surface area contributed by atoms with Crippen molar-refractivity contribution in [3.63, 3.8) is 0 Å². The van der Waals surface area contributed by atoms with Crippen LogP contribution in [0.1, 0.15) is 51.4 Å². The second-order valence-corrected chi connectivity index (χ2v) is 10.6. The Morgan fingerprint density at radius 3 is 2.00 bits per heavy atom. The van der Waals surface area contributed by atoms with Crippen LogP contribution in [-0.4, -0.2) is 77.6 Å². The molecular formula is C33H38N2O11. The van der Waals surface area contributed by atoms with Crippen molar-refractivity contribution < 1.29 is 52.3 Å². The van der Waals surface area contributed by atoms with Gasteiger partial charge in [-0.05, 0) is 43.7 Å². The topological polar surface area (TPSA) is 151 Å². The van der Waals surface area contributed by atoms with Gasteiger partial charge in [-0.3, -0.25) is 19.2 Å². The van der Waals surface area contributed by atoms with Crippen molar-refractivity contribution in [3.8, 4) is 17.3 Å². The molecule has 0 bridgehead atoms. The van der Waals surface area contributed by atoms with E-state index in [1.54, 1.807) is 4.68 Å². The van der Waals surface area contributed by atoms with Crippen LogP contribution < -0.4 is 9.47 Å². The first-order valence-electron chi connectivity index (χ1n) is 14.8. The molecule has 0 spiro atoms. The van der Waals surface area contributed by atoms with Crippen LogP contribution in [0.25, 0.3) is 5.69 Å². The zero-order valence-corrected chi connectivity index (χ0v) is 26.6. The van der Waals surface area contributed by atoms with Gasteiger partial charge < -0.3 is 33.2 Å². The van der Waals surface area contributed by atoms with Crippen LogP contribution in [0.4, 0.5) is 0 Å². The number of aromatic nitrogens is 2. The summed E-state index contributed by atoms with van der Waals surface area (Å²) in [6.07, 6.45) is -6.29. The van der Waals surface area contributed by atoms with Crippen LogP contribution in [0.3, 0.4) is 0 Å². The van der Waals surface area contributed by atoms with E-state index in [9.17, 15) is 19.2 Å². The summed E-state index contributed by atoms with van der Waals surface area (Å²) < 4.78 is 41.6. The summed E-state index contributed by atoms with van der Waals surface area (Å²) in [4.78, 5) is 48.4. The molecule has 1 saturated heterocycles. The molecule has 0 N–H and O–H groups in total. The Morgan fingerprint density at radius 1 is 0.804 bits per heavy atom. The van der Waals surface area contributed by atoms with Crippen LogP contribution >= 0.6 is 0 Å². The smallest absolute Gasteiger partial charge is 0.303 e. The second-order valence-electron chi connectivity index (χ2n) is 10.6. The third kappa shape index (κ3) is 8.62. The zero-order chi connectivity index (χ0) is 33.4. The Hall–Kier alpha value is -4.91. The number of benzene rings is 2. The Bertz CT molecular complexity index is 1520. The van der Waals surface area contributed by atoms with Crippen molar-refractivity contribution in [2.24, 2.45) is 0 Å². The maximum atomic E-state index is 12.3. The Balaban J connectivity index is 1.79. The number of nitrogens with zero attached hydrogens (tertiary/aromatic N) is 2. The summed E-state index contributed by atoms with van der Waals surface area (Å²) >= 11 is 0. The molecule has 1 aliphatic heterocycles. The van der Waals surface area contributed by atoms with Gasteiger partial charge in [-0.2, -0.15) is 0 Å². The first-order valence-corrected chi connectivity index (χ1v) is 14.8. The lowest BCUT2D eigenvalue weighted by Gasteiger charge is -2.43. The molecule has 4 rings (SSSR count). The van der Waals surface area contributed by atoms with E-state index < -0.39 is 54.6 Å². The summed E-state index contributed by atoms with van der Waals surface area (Å²) in [5.74, 6) is -1.95. The van der Waals surface area contributed by atoms with Crippen LogP contribution in [0.15, 0.2) is 54.6 Å². The number of para-hydroxylation sites is 1. The number of esters is 4. The van der Waals surface area contributed by atoms with Crippen LogP contribution in [0.2, 0.25) is 0 Å². The minimum atomic E-state index is -1.43. The Labute approximate surface area is 266 Å². The molecule has 0 aliphatic carbocycles. The van der Waals surface area contributed by atoms with E-state index >= 15 is 0 Å². The van der Waals surface area contributed by atoms with Gasteiger partial charge in [-0.1, -0.05) is 30.3 Å². The minimum absolute atomic E-state index is 0.149. The molecule has 5 atom stereocenters. The van der Waals surface area contributed by atoms with Crippen molar-refractivity contribution in [2.45, 2.75) is 78.7 Å². The van der Waals surface area contributed by atoms with E-state index in [-0.39, 0.29) is 12.5 Å². The van der Waals surface area contributed by atoms with E-state index in [1.165, 1.54) is 13.8 Å². The fourth-order valence-corrected chi connectivity index (χ4v) is 5.10. The first kappa shape index (κ1) is 34.0. The number of hydrogen-bond acceptors (Lipinski definition) is 12. The van der Waals surface area contributed by atoms with E-state index in [0.717, 1.165) is 36.5 Å². The third-order valence-electron chi connectivity index (χ3n) is 7.00. The maximum Gasteiger partial charge on any atom is 0.303 e. The number of ether oxygens (including phenoxy) is 7. The van der Waals surface area contributed by atoms with Gasteiger partial charge in [0.15, 0.2) is 12.2 Å². The quantitative estimate of drug-likeness (QED) is 0.210. The van der Waals surface area contributed by atoms with E-state index in [2.05, 4.69) is 0 Å². The van der Waals surface area contributed by atoms with Crippen molar-refractivity contribution in [2.75, 3.05) is 13.2 Å². The van der Waals surface area contributed by atoms with E-state index in [4.69, 9.17) is 38.3 Å². The molecule has 2 heterocycles. The van der Waals surface area contributed by atoms with Gasteiger partial charge in [-0.25, -0.2) is 4.68 Å². The highest BCUT2D eigenvalue weighted by Crippen LogP contribution is 2.34. The summed E-state index contributed by atoms with van der Waals surface area (Å²) in [5.41, 5.74) is 3.16. The average Bonchev–Trinajstić information content (AvgIpc) is 3.30. The van der Waals surface area contributed by atoms with E-state index in [1.807, 2.05) is 68.4 Å². The first-order chi connectivity index (χ1) is 22.0. The van der Waals surface area contributed by atoms with Crippen LogP contribution in [-0.2, 0) is 49.3 Å². The lowest BCUT2D eigenvalue weighted by atomic mass is 9.98. The predicted octanol–water partition coefficient (Wildman–Crippen LogP) is 3.63. The predicted molar refractivity (Wildman–Crippen MR) is 161 cm³/mol. The highest BCUT2D eigenvalue weighted by molar-refractivity contribution is 5.68. The number of hydrogen-bond donors (Lipinski definition) is 0. The lowest BCUT2D eigenvalue weighted by Crippen LogP contribution is -2.63.